The Bertz CT molecular complexity index is 169. The van der Waals surface area contributed by atoms with Crippen molar-refractivity contribution in [3.63, 3.8) is 0 Å². The Labute approximate surface area is 93.5 Å². The van der Waals surface area contributed by atoms with E-state index < -0.39 is 0 Å². The smallest absolute Gasteiger partial charge is 0.0774 e. The molecule has 0 aromatic rings. The lowest BCUT2D eigenvalue weighted by Crippen LogP contribution is -2.45. The highest BCUT2D eigenvalue weighted by molar-refractivity contribution is 4.90. The number of hydrogen-bond acceptors (Lipinski definition) is 3. The Balaban J connectivity index is 2.38. The van der Waals surface area contributed by atoms with Crippen LogP contribution in [0, 0.1) is 5.92 Å². The zero-order chi connectivity index (χ0) is 11.3. The Morgan fingerprint density at radius 2 is 2.00 bits per heavy atom. The molecule has 2 atom stereocenters. The lowest BCUT2D eigenvalue weighted by Gasteiger charge is -2.27. The molecule has 1 fully saturated rings. The minimum atomic E-state index is 0.294. The first kappa shape index (κ1) is 12.9. The van der Waals surface area contributed by atoms with Crippen molar-refractivity contribution in [2.75, 3.05) is 20.3 Å². The van der Waals surface area contributed by atoms with E-state index in [1.54, 1.807) is 0 Å². The summed E-state index contributed by atoms with van der Waals surface area (Å²) in [7, 11) is 1.81. The third-order valence-electron chi connectivity index (χ3n) is 2.83. The van der Waals surface area contributed by atoms with Crippen molar-refractivity contribution >= 4 is 0 Å². The highest BCUT2D eigenvalue weighted by atomic mass is 16.5. The van der Waals surface area contributed by atoms with E-state index in [2.05, 4.69) is 26.1 Å². The zero-order valence-electron chi connectivity index (χ0n) is 10.5. The monoisotopic (exact) mass is 215 g/mol. The summed E-state index contributed by atoms with van der Waals surface area (Å²) in [4.78, 5) is 0. The van der Waals surface area contributed by atoms with E-state index in [1.807, 2.05) is 7.11 Å². The SMILES string of the molecule is CCNC(COC(C)C)C(OC)C1CC1. The molecule has 3 nitrogen and oxygen atoms in total. The first-order valence-corrected chi connectivity index (χ1v) is 6.06. The quantitative estimate of drug-likeness (QED) is 0.670. The van der Waals surface area contributed by atoms with Crippen LogP contribution < -0.4 is 5.32 Å². The molecule has 0 aromatic carbocycles. The summed E-state index contributed by atoms with van der Waals surface area (Å²) in [5.74, 6) is 0.745. The summed E-state index contributed by atoms with van der Waals surface area (Å²) in [5, 5.41) is 3.46. The summed E-state index contributed by atoms with van der Waals surface area (Å²) < 4.78 is 11.3. The molecule has 1 rings (SSSR count). The Hall–Kier alpha value is -0.120. The second kappa shape index (κ2) is 6.46. The van der Waals surface area contributed by atoms with Gasteiger partial charge in [0.1, 0.15) is 0 Å². The minimum Gasteiger partial charge on any atom is -0.379 e. The van der Waals surface area contributed by atoms with Gasteiger partial charge in [-0.25, -0.2) is 0 Å². The van der Waals surface area contributed by atoms with Crippen LogP contribution in [0.5, 0.6) is 0 Å². The Morgan fingerprint density at radius 3 is 2.40 bits per heavy atom. The topological polar surface area (TPSA) is 30.5 Å². The van der Waals surface area contributed by atoms with Crippen molar-refractivity contribution in [2.45, 2.75) is 51.9 Å². The van der Waals surface area contributed by atoms with Gasteiger partial charge in [-0.3, -0.25) is 0 Å². The van der Waals surface area contributed by atoms with Gasteiger partial charge in [-0.1, -0.05) is 6.92 Å². The molecule has 0 heterocycles. The van der Waals surface area contributed by atoms with Crippen LogP contribution in [0.25, 0.3) is 0 Å². The van der Waals surface area contributed by atoms with E-state index in [-0.39, 0.29) is 0 Å². The summed E-state index contributed by atoms with van der Waals surface area (Å²) in [6.45, 7) is 7.99. The zero-order valence-corrected chi connectivity index (χ0v) is 10.5. The summed E-state index contributed by atoms with van der Waals surface area (Å²) in [6, 6.07) is 0.342. The summed E-state index contributed by atoms with van der Waals surface area (Å²) in [6.07, 6.45) is 3.23. The third kappa shape index (κ3) is 4.49. The average molecular weight is 215 g/mol. The molecule has 2 unspecified atom stereocenters. The van der Waals surface area contributed by atoms with Crippen LogP contribution in [-0.4, -0.2) is 38.5 Å². The normalized spacial score (nSPS) is 20.6. The van der Waals surface area contributed by atoms with Crippen LogP contribution in [0.2, 0.25) is 0 Å². The van der Waals surface area contributed by atoms with Gasteiger partial charge in [0.25, 0.3) is 0 Å². The van der Waals surface area contributed by atoms with Gasteiger partial charge in [0, 0.05) is 7.11 Å². The van der Waals surface area contributed by atoms with Crippen molar-refractivity contribution in [2.24, 2.45) is 5.92 Å². The van der Waals surface area contributed by atoms with Crippen molar-refractivity contribution in [3.8, 4) is 0 Å². The van der Waals surface area contributed by atoms with Gasteiger partial charge in [0.05, 0.1) is 24.9 Å². The number of likely N-dealkylation sites (N-methyl/N-ethyl adjacent to an activating group) is 1. The molecular formula is C12H25NO2. The van der Waals surface area contributed by atoms with Gasteiger partial charge in [-0.05, 0) is 39.2 Å². The predicted molar refractivity (Wildman–Crippen MR) is 62.1 cm³/mol. The fourth-order valence-corrected chi connectivity index (χ4v) is 1.94. The number of methoxy groups -OCH3 is 1. The van der Waals surface area contributed by atoms with Gasteiger partial charge < -0.3 is 14.8 Å². The first-order valence-electron chi connectivity index (χ1n) is 6.06. The molecular weight excluding hydrogens is 190 g/mol. The van der Waals surface area contributed by atoms with Crippen LogP contribution in [0.3, 0.4) is 0 Å². The molecule has 3 heteroatoms. The molecule has 0 bridgehead atoms. The second-order valence-electron chi connectivity index (χ2n) is 4.58. The van der Waals surface area contributed by atoms with Crippen molar-refractivity contribution in [1.82, 2.24) is 5.32 Å². The molecule has 1 saturated carbocycles. The molecule has 0 amide bonds. The van der Waals surface area contributed by atoms with Crippen LogP contribution in [0.1, 0.15) is 33.6 Å². The summed E-state index contributed by atoms with van der Waals surface area (Å²) in [5.41, 5.74) is 0. The lowest BCUT2D eigenvalue weighted by molar-refractivity contribution is -0.00653. The molecule has 0 aromatic heterocycles. The number of nitrogens with one attached hydrogen (secondary N) is 1. The van der Waals surface area contributed by atoms with Crippen molar-refractivity contribution in [1.29, 1.82) is 0 Å². The van der Waals surface area contributed by atoms with Gasteiger partial charge in [0.2, 0.25) is 0 Å². The second-order valence-corrected chi connectivity index (χ2v) is 4.58. The molecule has 0 aliphatic heterocycles. The lowest BCUT2D eigenvalue weighted by atomic mass is 10.1. The maximum atomic E-state index is 5.67. The molecule has 90 valence electrons. The van der Waals surface area contributed by atoms with Crippen LogP contribution in [0.15, 0.2) is 0 Å². The van der Waals surface area contributed by atoms with Gasteiger partial charge in [-0.15, -0.1) is 0 Å². The van der Waals surface area contributed by atoms with E-state index in [9.17, 15) is 0 Å². The minimum absolute atomic E-state index is 0.294. The van der Waals surface area contributed by atoms with E-state index >= 15 is 0 Å². The maximum Gasteiger partial charge on any atom is 0.0774 e. The fourth-order valence-electron chi connectivity index (χ4n) is 1.94. The van der Waals surface area contributed by atoms with E-state index in [0.29, 0.717) is 18.2 Å². The van der Waals surface area contributed by atoms with Crippen LogP contribution >= 0.6 is 0 Å². The molecule has 1 aliphatic rings. The summed E-state index contributed by atoms with van der Waals surface area (Å²) >= 11 is 0. The molecule has 0 spiro atoms. The van der Waals surface area contributed by atoms with E-state index in [1.165, 1.54) is 12.8 Å². The fraction of sp³-hybridized carbons (Fsp3) is 1.00. The van der Waals surface area contributed by atoms with E-state index in [0.717, 1.165) is 19.1 Å². The van der Waals surface area contributed by atoms with Gasteiger partial charge in [0.15, 0.2) is 0 Å². The maximum absolute atomic E-state index is 5.67. The number of hydrogen-bond donors (Lipinski definition) is 1. The van der Waals surface area contributed by atoms with Crippen molar-refractivity contribution < 1.29 is 9.47 Å². The third-order valence-corrected chi connectivity index (χ3v) is 2.83. The highest BCUT2D eigenvalue weighted by Crippen LogP contribution is 2.35. The highest BCUT2D eigenvalue weighted by Gasteiger charge is 2.36. The Morgan fingerprint density at radius 1 is 1.33 bits per heavy atom. The van der Waals surface area contributed by atoms with Crippen LogP contribution in [0.4, 0.5) is 0 Å². The van der Waals surface area contributed by atoms with Gasteiger partial charge >= 0.3 is 0 Å². The van der Waals surface area contributed by atoms with Gasteiger partial charge in [-0.2, -0.15) is 0 Å². The largest absolute Gasteiger partial charge is 0.379 e. The average Bonchev–Trinajstić information content (AvgIpc) is 2.99. The first-order chi connectivity index (χ1) is 7.19. The standard InChI is InChI=1S/C12H25NO2/c1-5-13-11(8-15-9(2)3)12(14-4)10-6-7-10/h9-13H,5-8H2,1-4H3. The number of rotatable bonds is 8. The molecule has 1 aliphatic carbocycles. The predicted octanol–water partition coefficient (Wildman–Crippen LogP) is 1.81. The molecule has 1 N–H and O–H groups in total. The van der Waals surface area contributed by atoms with Crippen LogP contribution in [-0.2, 0) is 9.47 Å². The molecule has 0 saturated heterocycles. The molecule has 0 radical (unpaired) electrons. The van der Waals surface area contributed by atoms with Crippen molar-refractivity contribution in [3.05, 3.63) is 0 Å². The van der Waals surface area contributed by atoms with E-state index in [4.69, 9.17) is 9.47 Å². The Kier molecular flexibility index (Phi) is 5.58. The number of ether oxygens (including phenoxy) is 2. The molecule has 15 heavy (non-hydrogen) atoms.